The first-order chi connectivity index (χ1) is 11.2. The number of rotatable bonds is 3. The number of furan rings is 1. The van der Waals surface area contributed by atoms with Crippen LogP contribution in [0.3, 0.4) is 0 Å². The molecule has 3 fully saturated rings. The van der Waals surface area contributed by atoms with Gasteiger partial charge in [0.2, 0.25) is 0 Å². The minimum Gasteiger partial charge on any atom is -0.459 e. The quantitative estimate of drug-likeness (QED) is 0.859. The molecule has 0 N–H and O–H groups in total. The van der Waals surface area contributed by atoms with E-state index in [4.69, 9.17) is 4.42 Å². The van der Waals surface area contributed by atoms with Crippen molar-refractivity contribution in [1.29, 1.82) is 0 Å². The number of piperidine rings is 1. The van der Waals surface area contributed by atoms with Gasteiger partial charge in [-0.2, -0.15) is 0 Å². The van der Waals surface area contributed by atoms with Gasteiger partial charge in [0.1, 0.15) is 6.17 Å². The molecule has 23 heavy (non-hydrogen) atoms. The van der Waals surface area contributed by atoms with Gasteiger partial charge in [0.25, 0.3) is 5.91 Å². The summed E-state index contributed by atoms with van der Waals surface area (Å²) < 4.78 is 20.0. The van der Waals surface area contributed by atoms with E-state index < -0.39 is 6.17 Å². The van der Waals surface area contributed by atoms with Gasteiger partial charge in [0, 0.05) is 38.1 Å². The van der Waals surface area contributed by atoms with E-state index in [9.17, 15) is 9.18 Å². The van der Waals surface area contributed by atoms with Crippen molar-refractivity contribution in [2.75, 3.05) is 32.7 Å². The number of amides is 1. The highest BCUT2D eigenvalue weighted by molar-refractivity contribution is 5.91. The van der Waals surface area contributed by atoms with Gasteiger partial charge in [0.15, 0.2) is 5.76 Å². The summed E-state index contributed by atoms with van der Waals surface area (Å²) in [5.74, 6) is 1.07. The molecule has 1 aromatic heterocycles. The third-order valence-corrected chi connectivity index (χ3v) is 6.05. The van der Waals surface area contributed by atoms with Crippen molar-refractivity contribution < 1.29 is 13.6 Å². The summed E-state index contributed by atoms with van der Waals surface area (Å²) in [7, 11) is 0. The van der Waals surface area contributed by atoms with Crippen molar-refractivity contribution in [1.82, 2.24) is 9.80 Å². The zero-order chi connectivity index (χ0) is 15.9. The zero-order valence-electron chi connectivity index (χ0n) is 13.5. The van der Waals surface area contributed by atoms with Gasteiger partial charge in [-0.05, 0) is 43.7 Å². The Hall–Kier alpha value is -1.36. The number of halogens is 1. The van der Waals surface area contributed by atoms with Crippen LogP contribution in [0.1, 0.15) is 42.7 Å². The first-order valence-corrected chi connectivity index (χ1v) is 8.85. The molecular weight excluding hydrogens is 295 g/mol. The van der Waals surface area contributed by atoms with Crippen LogP contribution >= 0.6 is 0 Å². The normalized spacial score (nSPS) is 32.4. The summed E-state index contributed by atoms with van der Waals surface area (Å²) in [5.41, 5.74) is -0.371. The number of carbonyl (C=O) groups is 1. The first kappa shape index (κ1) is 15.2. The third-order valence-electron chi connectivity index (χ3n) is 6.05. The largest absolute Gasteiger partial charge is 0.459 e. The maximum atomic E-state index is 14.7. The minimum atomic E-state index is -0.797. The molecule has 1 aromatic rings. The van der Waals surface area contributed by atoms with Crippen molar-refractivity contribution in [3.63, 3.8) is 0 Å². The highest BCUT2D eigenvalue weighted by Gasteiger charge is 2.49. The lowest BCUT2D eigenvalue weighted by Crippen LogP contribution is -2.53. The molecule has 126 valence electrons. The summed E-state index contributed by atoms with van der Waals surface area (Å²) >= 11 is 0. The van der Waals surface area contributed by atoms with Crippen molar-refractivity contribution in [3.05, 3.63) is 24.2 Å². The summed E-state index contributed by atoms with van der Waals surface area (Å²) in [6.45, 7) is 3.94. The number of likely N-dealkylation sites (tertiary alicyclic amines) is 2. The predicted molar refractivity (Wildman–Crippen MR) is 85.0 cm³/mol. The maximum absolute atomic E-state index is 14.7. The van der Waals surface area contributed by atoms with Crippen molar-refractivity contribution in [2.45, 2.75) is 38.3 Å². The van der Waals surface area contributed by atoms with Gasteiger partial charge in [-0.15, -0.1) is 0 Å². The topological polar surface area (TPSA) is 36.7 Å². The van der Waals surface area contributed by atoms with Crippen LogP contribution in [-0.2, 0) is 0 Å². The fourth-order valence-electron chi connectivity index (χ4n) is 4.43. The van der Waals surface area contributed by atoms with Crippen LogP contribution in [0, 0.1) is 11.3 Å². The van der Waals surface area contributed by atoms with E-state index in [2.05, 4.69) is 4.90 Å². The highest BCUT2D eigenvalue weighted by Crippen LogP contribution is 2.42. The number of carbonyl (C=O) groups excluding carboxylic acids is 1. The lowest BCUT2D eigenvalue weighted by molar-refractivity contribution is -0.00123. The lowest BCUT2D eigenvalue weighted by atomic mass is 9.76. The molecule has 0 radical (unpaired) electrons. The Morgan fingerprint density at radius 1 is 1.30 bits per heavy atom. The summed E-state index contributed by atoms with van der Waals surface area (Å²) in [6, 6.07) is 3.40. The second-order valence-corrected chi connectivity index (χ2v) is 7.60. The van der Waals surface area contributed by atoms with Crippen LogP contribution in [0.5, 0.6) is 0 Å². The summed E-state index contributed by atoms with van der Waals surface area (Å²) in [6.07, 6.45) is 6.09. The van der Waals surface area contributed by atoms with Gasteiger partial charge >= 0.3 is 0 Å². The highest BCUT2D eigenvalue weighted by atomic mass is 19.1. The number of nitrogens with zero attached hydrogens (tertiary/aromatic N) is 2. The molecule has 2 atom stereocenters. The standard InChI is InChI=1S/C18H25FN2O2/c19-16-6-8-20(11-14-3-1-4-14)12-18(16)7-9-21(13-18)17(22)15-5-2-10-23-15/h2,5,10,14,16H,1,3-4,6-9,11-13H2. The lowest BCUT2D eigenvalue weighted by Gasteiger charge is -2.44. The van der Waals surface area contributed by atoms with Crippen LogP contribution < -0.4 is 0 Å². The first-order valence-electron chi connectivity index (χ1n) is 8.85. The second kappa shape index (κ2) is 5.93. The molecule has 4 rings (SSSR count). The van der Waals surface area contributed by atoms with Gasteiger partial charge in [-0.3, -0.25) is 4.79 Å². The molecular formula is C18H25FN2O2. The molecule has 2 aliphatic heterocycles. The van der Waals surface area contributed by atoms with Gasteiger partial charge in [0.05, 0.1) is 6.26 Å². The van der Waals surface area contributed by atoms with E-state index in [1.54, 1.807) is 17.0 Å². The van der Waals surface area contributed by atoms with Gasteiger partial charge < -0.3 is 14.2 Å². The zero-order valence-corrected chi connectivity index (χ0v) is 13.5. The molecule has 5 heteroatoms. The summed E-state index contributed by atoms with van der Waals surface area (Å²) in [4.78, 5) is 16.7. The molecule has 1 saturated carbocycles. The average molecular weight is 320 g/mol. The average Bonchev–Trinajstić information content (AvgIpc) is 3.17. The molecule has 1 amide bonds. The van der Waals surface area contributed by atoms with E-state index in [-0.39, 0.29) is 11.3 Å². The van der Waals surface area contributed by atoms with Crippen molar-refractivity contribution in [3.8, 4) is 0 Å². The third kappa shape index (κ3) is 2.80. The molecule has 2 unspecified atom stereocenters. The van der Waals surface area contributed by atoms with Crippen molar-refractivity contribution in [2.24, 2.45) is 11.3 Å². The summed E-state index contributed by atoms with van der Waals surface area (Å²) in [5, 5.41) is 0. The minimum absolute atomic E-state index is 0.102. The monoisotopic (exact) mass is 320 g/mol. The molecule has 3 aliphatic rings. The molecule has 2 saturated heterocycles. The smallest absolute Gasteiger partial charge is 0.289 e. The van der Waals surface area contributed by atoms with Gasteiger partial charge in [-0.1, -0.05) is 6.42 Å². The second-order valence-electron chi connectivity index (χ2n) is 7.60. The fraction of sp³-hybridized carbons (Fsp3) is 0.722. The Morgan fingerprint density at radius 3 is 2.87 bits per heavy atom. The fourth-order valence-corrected chi connectivity index (χ4v) is 4.43. The Morgan fingerprint density at radius 2 is 2.17 bits per heavy atom. The van der Waals surface area contributed by atoms with Crippen LogP contribution in [0.25, 0.3) is 0 Å². The maximum Gasteiger partial charge on any atom is 0.289 e. The van der Waals surface area contributed by atoms with Crippen LogP contribution in [0.4, 0.5) is 4.39 Å². The Balaban J connectivity index is 1.43. The number of hydrogen-bond donors (Lipinski definition) is 0. The predicted octanol–water partition coefficient (Wildman–Crippen LogP) is 2.96. The molecule has 3 heterocycles. The van der Waals surface area contributed by atoms with E-state index >= 15 is 0 Å². The van der Waals surface area contributed by atoms with E-state index in [0.717, 1.165) is 32.0 Å². The molecule has 0 bridgehead atoms. The Bertz CT molecular complexity index is 557. The molecule has 1 spiro atoms. The molecule has 0 aromatic carbocycles. The molecule has 4 nitrogen and oxygen atoms in total. The van der Waals surface area contributed by atoms with E-state index in [1.165, 1.54) is 25.5 Å². The molecule has 1 aliphatic carbocycles. The van der Waals surface area contributed by atoms with Crippen LogP contribution in [0.15, 0.2) is 22.8 Å². The van der Waals surface area contributed by atoms with E-state index in [0.29, 0.717) is 25.3 Å². The Labute approximate surface area is 136 Å². The number of hydrogen-bond acceptors (Lipinski definition) is 3. The van der Waals surface area contributed by atoms with Crippen molar-refractivity contribution >= 4 is 5.91 Å². The SMILES string of the molecule is O=C(c1ccco1)N1CCC2(CN(CC3CCC3)CCC2F)C1. The van der Waals surface area contributed by atoms with Gasteiger partial charge in [-0.25, -0.2) is 4.39 Å². The van der Waals surface area contributed by atoms with Crippen LogP contribution in [0.2, 0.25) is 0 Å². The van der Waals surface area contributed by atoms with E-state index in [1.807, 2.05) is 0 Å². The number of alkyl halides is 1. The van der Waals surface area contributed by atoms with Crippen LogP contribution in [-0.4, -0.2) is 54.6 Å². The Kier molecular flexibility index (Phi) is 3.92.